The van der Waals surface area contributed by atoms with Crippen LogP contribution in [0.25, 0.3) is 0 Å². The van der Waals surface area contributed by atoms with Crippen LogP contribution in [0.4, 0.5) is 10.5 Å². The maximum atomic E-state index is 11.9. The van der Waals surface area contributed by atoms with Gasteiger partial charge in [-0.2, -0.15) is 5.26 Å². The van der Waals surface area contributed by atoms with Crippen LogP contribution in [0.3, 0.4) is 0 Å². The summed E-state index contributed by atoms with van der Waals surface area (Å²) in [6.07, 6.45) is 3.63. The number of urea groups is 1. The molecular weight excluding hydrogens is 290 g/mol. The van der Waals surface area contributed by atoms with E-state index in [2.05, 4.69) is 10.6 Å². The molecule has 1 aliphatic carbocycles. The van der Waals surface area contributed by atoms with Crippen molar-refractivity contribution in [1.29, 1.82) is 5.26 Å². The number of aliphatic hydroxyl groups is 1. The van der Waals surface area contributed by atoms with Crippen molar-refractivity contribution in [2.45, 2.75) is 31.7 Å². The van der Waals surface area contributed by atoms with Gasteiger partial charge < -0.3 is 15.7 Å². The molecule has 0 bridgehead atoms. The minimum Gasteiger partial charge on any atom is -0.396 e. The van der Waals surface area contributed by atoms with Crippen LogP contribution in [0.2, 0.25) is 5.02 Å². The molecule has 3 N–H and O–H groups in total. The molecule has 21 heavy (non-hydrogen) atoms. The fourth-order valence-corrected chi connectivity index (χ4v) is 2.75. The third kappa shape index (κ3) is 4.35. The van der Waals surface area contributed by atoms with Gasteiger partial charge in [-0.05, 0) is 49.8 Å². The SMILES string of the molecule is N#Cc1ccc(NC(=O)NC2CCC(CO)CC2)cc1Cl. The molecule has 0 saturated heterocycles. The minimum absolute atomic E-state index is 0.140. The van der Waals surface area contributed by atoms with Gasteiger partial charge in [0.05, 0.1) is 10.6 Å². The van der Waals surface area contributed by atoms with Crippen LogP contribution in [0.1, 0.15) is 31.2 Å². The van der Waals surface area contributed by atoms with Crippen molar-refractivity contribution in [1.82, 2.24) is 5.32 Å². The highest BCUT2D eigenvalue weighted by Gasteiger charge is 2.21. The Labute approximate surface area is 128 Å². The van der Waals surface area contributed by atoms with Gasteiger partial charge in [-0.15, -0.1) is 0 Å². The van der Waals surface area contributed by atoms with Crippen LogP contribution < -0.4 is 10.6 Å². The summed E-state index contributed by atoms with van der Waals surface area (Å²) in [6.45, 7) is 0.225. The zero-order valence-corrected chi connectivity index (χ0v) is 12.4. The van der Waals surface area contributed by atoms with Gasteiger partial charge >= 0.3 is 6.03 Å². The fraction of sp³-hybridized carbons (Fsp3) is 0.467. The van der Waals surface area contributed by atoms with Crippen LogP contribution in [0.15, 0.2) is 18.2 Å². The van der Waals surface area contributed by atoms with E-state index in [0.29, 0.717) is 22.2 Å². The molecule has 0 spiro atoms. The van der Waals surface area contributed by atoms with Gasteiger partial charge in [-0.3, -0.25) is 0 Å². The second-order valence-corrected chi connectivity index (χ2v) is 5.71. The number of benzene rings is 1. The summed E-state index contributed by atoms with van der Waals surface area (Å²) in [7, 11) is 0. The van der Waals surface area contributed by atoms with Gasteiger partial charge in [0, 0.05) is 18.3 Å². The van der Waals surface area contributed by atoms with E-state index in [1.165, 1.54) is 0 Å². The number of amides is 2. The van der Waals surface area contributed by atoms with Gasteiger partial charge in [0.15, 0.2) is 0 Å². The quantitative estimate of drug-likeness (QED) is 0.802. The summed E-state index contributed by atoms with van der Waals surface area (Å²) in [5.41, 5.74) is 0.936. The Bertz CT molecular complexity index is 548. The number of nitriles is 1. The first-order valence-corrected chi connectivity index (χ1v) is 7.38. The second kappa shape index (κ2) is 7.30. The smallest absolute Gasteiger partial charge is 0.319 e. The van der Waals surface area contributed by atoms with Gasteiger partial charge in [0.25, 0.3) is 0 Å². The highest BCUT2D eigenvalue weighted by atomic mass is 35.5. The van der Waals surface area contributed by atoms with E-state index < -0.39 is 0 Å². The van der Waals surface area contributed by atoms with Gasteiger partial charge in [-0.1, -0.05) is 11.6 Å². The average Bonchev–Trinajstić information content (AvgIpc) is 2.48. The van der Waals surface area contributed by atoms with E-state index in [4.69, 9.17) is 22.0 Å². The van der Waals surface area contributed by atoms with Crippen LogP contribution in [-0.4, -0.2) is 23.8 Å². The molecule has 1 aliphatic rings. The Balaban J connectivity index is 1.85. The molecule has 5 nitrogen and oxygen atoms in total. The number of carbonyl (C=O) groups is 1. The molecule has 2 rings (SSSR count). The van der Waals surface area contributed by atoms with Gasteiger partial charge in [-0.25, -0.2) is 4.79 Å². The molecule has 1 aromatic rings. The number of anilines is 1. The first-order chi connectivity index (χ1) is 10.1. The number of aliphatic hydroxyl groups excluding tert-OH is 1. The van der Waals surface area contributed by atoms with Gasteiger partial charge in [0.1, 0.15) is 6.07 Å². The van der Waals surface area contributed by atoms with Crippen LogP contribution in [0.5, 0.6) is 0 Å². The van der Waals surface area contributed by atoms with E-state index in [1.54, 1.807) is 18.2 Å². The van der Waals surface area contributed by atoms with E-state index in [1.807, 2.05) is 6.07 Å². The number of carbonyl (C=O) groups excluding carboxylic acids is 1. The van der Waals surface area contributed by atoms with Gasteiger partial charge in [0.2, 0.25) is 0 Å². The number of hydrogen-bond donors (Lipinski definition) is 3. The fourth-order valence-electron chi connectivity index (χ4n) is 2.53. The number of hydrogen-bond acceptors (Lipinski definition) is 3. The van der Waals surface area contributed by atoms with Crippen molar-refractivity contribution in [2.24, 2.45) is 5.92 Å². The van der Waals surface area contributed by atoms with Crippen molar-refractivity contribution in [2.75, 3.05) is 11.9 Å². The highest BCUT2D eigenvalue weighted by molar-refractivity contribution is 6.32. The summed E-state index contributed by atoms with van der Waals surface area (Å²) >= 11 is 5.92. The monoisotopic (exact) mass is 307 g/mol. The van der Waals surface area contributed by atoms with Crippen molar-refractivity contribution in [3.63, 3.8) is 0 Å². The number of rotatable bonds is 3. The minimum atomic E-state index is -0.275. The standard InChI is InChI=1S/C15H18ClN3O2/c16-14-7-13(6-3-11(14)8-17)19-15(21)18-12-4-1-10(9-20)2-5-12/h3,6-7,10,12,20H,1-2,4-5,9H2,(H2,18,19,21). The van der Waals surface area contributed by atoms with Crippen molar-refractivity contribution < 1.29 is 9.90 Å². The summed E-state index contributed by atoms with van der Waals surface area (Å²) in [5, 5.41) is 23.8. The predicted molar refractivity (Wildman–Crippen MR) is 81.2 cm³/mol. The zero-order chi connectivity index (χ0) is 15.2. The molecule has 112 valence electrons. The molecule has 0 radical (unpaired) electrons. The number of nitrogens with one attached hydrogen (secondary N) is 2. The molecule has 0 unspecified atom stereocenters. The molecule has 0 aliphatic heterocycles. The van der Waals surface area contributed by atoms with Crippen molar-refractivity contribution >= 4 is 23.3 Å². The average molecular weight is 308 g/mol. The molecule has 1 aromatic carbocycles. The number of nitrogens with zero attached hydrogens (tertiary/aromatic N) is 1. The van der Waals surface area contributed by atoms with E-state index in [0.717, 1.165) is 25.7 Å². The summed E-state index contributed by atoms with van der Waals surface area (Å²) in [5.74, 6) is 0.364. The third-order valence-corrected chi connectivity index (χ3v) is 4.10. The van der Waals surface area contributed by atoms with Crippen LogP contribution in [0, 0.1) is 17.2 Å². The number of halogens is 1. The molecule has 2 amide bonds. The molecule has 1 fully saturated rings. The Hall–Kier alpha value is -1.77. The summed E-state index contributed by atoms with van der Waals surface area (Å²) in [4.78, 5) is 11.9. The lowest BCUT2D eigenvalue weighted by molar-refractivity contribution is 0.176. The first kappa shape index (κ1) is 15.6. The van der Waals surface area contributed by atoms with E-state index >= 15 is 0 Å². The lowest BCUT2D eigenvalue weighted by Crippen LogP contribution is -2.40. The molecule has 1 saturated carbocycles. The first-order valence-electron chi connectivity index (χ1n) is 7.00. The summed E-state index contributed by atoms with van der Waals surface area (Å²) < 4.78 is 0. The molecule has 0 heterocycles. The van der Waals surface area contributed by atoms with Crippen LogP contribution >= 0.6 is 11.6 Å². The molecule has 0 atom stereocenters. The van der Waals surface area contributed by atoms with Crippen molar-refractivity contribution in [3.8, 4) is 6.07 Å². The Morgan fingerprint density at radius 2 is 2.10 bits per heavy atom. The normalized spacial score (nSPS) is 21.4. The zero-order valence-electron chi connectivity index (χ0n) is 11.6. The van der Waals surface area contributed by atoms with Crippen molar-refractivity contribution in [3.05, 3.63) is 28.8 Å². The second-order valence-electron chi connectivity index (χ2n) is 5.31. The molecular formula is C15H18ClN3O2. The lowest BCUT2D eigenvalue weighted by Gasteiger charge is -2.27. The maximum Gasteiger partial charge on any atom is 0.319 e. The third-order valence-electron chi connectivity index (χ3n) is 3.79. The summed E-state index contributed by atoms with van der Waals surface area (Å²) in [6, 6.07) is 6.61. The largest absolute Gasteiger partial charge is 0.396 e. The Morgan fingerprint density at radius 1 is 1.38 bits per heavy atom. The molecule has 6 heteroatoms. The van der Waals surface area contributed by atoms with E-state index in [9.17, 15) is 4.79 Å². The maximum absolute atomic E-state index is 11.9. The topological polar surface area (TPSA) is 85.2 Å². The lowest BCUT2D eigenvalue weighted by atomic mass is 9.87. The Kier molecular flexibility index (Phi) is 5.43. The van der Waals surface area contributed by atoms with Crippen LogP contribution in [-0.2, 0) is 0 Å². The Morgan fingerprint density at radius 3 is 2.67 bits per heavy atom. The molecule has 0 aromatic heterocycles. The van der Waals surface area contributed by atoms with E-state index in [-0.39, 0.29) is 18.7 Å². The highest BCUT2D eigenvalue weighted by Crippen LogP contribution is 2.24. The predicted octanol–water partition coefficient (Wildman–Crippen LogP) is 2.88.